The van der Waals surface area contributed by atoms with Gasteiger partial charge in [0.15, 0.2) is 0 Å². The van der Waals surface area contributed by atoms with Crippen LogP contribution in [0, 0.1) is 15.5 Å². The summed E-state index contributed by atoms with van der Waals surface area (Å²) in [7, 11) is 0. The van der Waals surface area contributed by atoms with Crippen LogP contribution < -0.4 is 5.73 Å². The van der Waals surface area contributed by atoms with Gasteiger partial charge >= 0.3 is 11.9 Å². The molecule has 1 aliphatic rings. The molecule has 152 valence electrons. The van der Waals surface area contributed by atoms with E-state index in [-0.39, 0.29) is 25.1 Å². The van der Waals surface area contributed by atoms with Gasteiger partial charge in [0.05, 0.1) is 16.4 Å². The number of nitro benzene ring substituents is 1. The highest BCUT2D eigenvalue weighted by molar-refractivity contribution is 5.90. The number of nitrogens with two attached hydrogens (primary N) is 1. The minimum atomic E-state index is -0.838. The van der Waals surface area contributed by atoms with Crippen LogP contribution in [0.4, 0.5) is 5.69 Å². The number of non-ortho nitro benzene ring substituents is 1. The maximum absolute atomic E-state index is 11.9. The maximum atomic E-state index is 11.9. The number of ether oxygens (including phenoxy) is 1. The van der Waals surface area contributed by atoms with Gasteiger partial charge in [-0.1, -0.05) is 0 Å². The van der Waals surface area contributed by atoms with E-state index in [1.54, 1.807) is 20.8 Å². The number of hydroxylamine groups is 2. The number of nitrogens with zero attached hydrogens (tertiary/aromatic N) is 2. The number of carbonyl (C=O) groups excluding carboxylic acids is 3. The minimum Gasteiger partial charge on any atom is -0.461 e. The Bertz CT molecular complexity index is 770. The highest BCUT2D eigenvalue weighted by Gasteiger charge is 2.48. The predicted octanol–water partition coefficient (Wildman–Crippen LogP) is 1.46. The summed E-state index contributed by atoms with van der Waals surface area (Å²) in [4.78, 5) is 50.9. The van der Waals surface area contributed by atoms with E-state index >= 15 is 0 Å². The van der Waals surface area contributed by atoms with Crippen molar-refractivity contribution in [3.63, 3.8) is 0 Å². The zero-order valence-corrected chi connectivity index (χ0v) is 15.9. The Balaban J connectivity index is 1.81. The van der Waals surface area contributed by atoms with Crippen molar-refractivity contribution in [2.24, 2.45) is 11.1 Å². The molecule has 0 bridgehead atoms. The molecule has 1 aliphatic heterocycles. The number of amides is 1. The summed E-state index contributed by atoms with van der Waals surface area (Å²) in [5.74, 6) is -1.60. The lowest BCUT2D eigenvalue weighted by molar-refractivity contribution is -0.384. The molecule has 0 spiro atoms. The molecule has 0 radical (unpaired) electrons. The van der Waals surface area contributed by atoms with Crippen molar-refractivity contribution in [1.29, 1.82) is 0 Å². The summed E-state index contributed by atoms with van der Waals surface area (Å²) >= 11 is 0. The molecule has 1 aromatic carbocycles. The van der Waals surface area contributed by atoms with E-state index < -0.39 is 40.3 Å². The van der Waals surface area contributed by atoms with Crippen LogP contribution in [0.25, 0.3) is 0 Å². The third-order valence-corrected chi connectivity index (χ3v) is 4.20. The van der Waals surface area contributed by atoms with Gasteiger partial charge in [0.25, 0.3) is 11.6 Å². The first kappa shape index (κ1) is 21.3. The molecule has 1 fully saturated rings. The quantitative estimate of drug-likeness (QED) is 0.317. The molecule has 0 saturated carbocycles. The Kier molecular flexibility index (Phi) is 6.34. The third kappa shape index (κ3) is 5.03. The third-order valence-electron chi connectivity index (χ3n) is 4.20. The number of hydrogen-bond donors (Lipinski definition) is 1. The first-order chi connectivity index (χ1) is 13.0. The standard InChI is InChI=1S/C18H23N3O7/c1-18(2,3)17(24)28-20-13(15(19)16(20)23)8-9-14(22)27-10-11-4-6-12(7-5-11)21(25)26/h4-7,13,15H,8-10,19H2,1-3H3. The van der Waals surface area contributed by atoms with Crippen LogP contribution in [0.1, 0.15) is 39.2 Å². The monoisotopic (exact) mass is 393 g/mol. The van der Waals surface area contributed by atoms with Crippen LogP contribution in [0.5, 0.6) is 0 Å². The van der Waals surface area contributed by atoms with Crippen LogP contribution in [0.2, 0.25) is 0 Å². The number of β-lactam (4-membered cyclic amide) rings is 1. The van der Waals surface area contributed by atoms with Crippen molar-refractivity contribution in [2.75, 3.05) is 0 Å². The molecule has 0 aliphatic carbocycles. The number of benzene rings is 1. The lowest BCUT2D eigenvalue weighted by atomic mass is 9.94. The molecule has 0 aromatic heterocycles. The van der Waals surface area contributed by atoms with Crippen molar-refractivity contribution in [1.82, 2.24) is 5.06 Å². The van der Waals surface area contributed by atoms with Crippen LogP contribution in [0.3, 0.4) is 0 Å². The lowest BCUT2D eigenvalue weighted by Crippen LogP contribution is -2.69. The zero-order valence-electron chi connectivity index (χ0n) is 15.9. The molecular formula is C18H23N3O7. The van der Waals surface area contributed by atoms with Gasteiger partial charge in [0, 0.05) is 18.6 Å². The van der Waals surface area contributed by atoms with Gasteiger partial charge in [-0.05, 0) is 44.9 Å². The number of rotatable bonds is 7. The Morgan fingerprint density at radius 3 is 2.39 bits per heavy atom. The molecule has 2 atom stereocenters. The molecule has 28 heavy (non-hydrogen) atoms. The average molecular weight is 393 g/mol. The number of carbonyl (C=O) groups is 3. The van der Waals surface area contributed by atoms with E-state index in [4.69, 9.17) is 15.3 Å². The van der Waals surface area contributed by atoms with Crippen LogP contribution in [-0.2, 0) is 30.6 Å². The average Bonchev–Trinajstić information content (AvgIpc) is 2.64. The van der Waals surface area contributed by atoms with Crippen molar-refractivity contribution in [3.8, 4) is 0 Å². The van der Waals surface area contributed by atoms with Gasteiger partial charge in [-0.2, -0.15) is 5.06 Å². The molecule has 1 saturated heterocycles. The van der Waals surface area contributed by atoms with Gasteiger partial charge < -0.3 is 15.3 Å². The van der Waals surface area contributed by atoms with E-state index in [0.717, 1.165) is 5.06 Å². The van der Waals surface area contributed by atoms with Crippen LogP contribution in [0.15, 0.2) is 24.3 Å². The van der Waals surface area contributed by atoms with Gasteiger partial charge in [-0.15, -0.1) is 0 Å². The van der Waals surface area contributed by atoms with E-state index in [1.807, 2.05) is 0 Å². The van der Waals surface area contributed by atoms with E-state index in [2.05, 4.69) is 0 Å². The highest BCUT2D eigenvalue weighted by atomic mass is 16.7. The highest BCUT2D eigenvalue weighted by Crippen LogP contribution is 2.26. The number of nitro groups is 1. The largest absolute Gasteiger partial charge is 0.461 e. The molecular weight excluding hydrogens is 370 g/mol. The normalized spacial score (nSPS) is 19.0. The number of esters is 1. The van der Waals surface area contributed by atoms with Gasteiger partial charge in [0.1, 0.15) is 12.6 Å². The topological polar surface area (TPSA) is 142 Å². The summed E-state index contributed by atoms with van der Waals surface area (Å²) in [6.07, 6.45) is 0.158. The van der Waals surface area contributed by atoms with Gasteiger partial charge in [0.2, 0.25) is 0 Å². The minimum absolute atomic E-state index is 0.0256. The molecule has 10 heteroatoms. The van der Waals surface area contributed by atoms with Crippen molar-refractivity contribution < 1.29 is 28.9 Å². The molecule has 1 heterocycles. The van der Waals surface area contributed by atoms with Crippen molar-refractivity contribution >= 4 is 23.5 Å². The Labute approximate surface area is 161 Å². The lowest BCUT2D eigenvalue weighted by Gasteiger charge is -2.43. The summed E-state index contributed by atoms with van der Waals surface area (Å²) in [6, 6.07) is 4.22. The molecule has 2 N–H and O–H groups in total. The molecule has 1 amide bonds. The SMILES string of the molecule is CC(C)(C)C(=O)ON1C(=O)C(N)C1CCC(=O)OCc1ccc([N+](=O)[O-])cc1. The summed E-state index contributed by atoms with van der Waals surface area (Å²) < 4.78 is 5.12. The first-order valence-corrected chi connectivity index (χ1v) is 8.70. The second-order valence-electron chi connectivity index (χ2n) is 7.51. The fraction of sp³-hybridized carbons (Fsp3) is 0.500. The predicted molar refractivity (Wildman–Crippen MR) is 96.3 cm³/mol. The molecule has 10 nitrogen and oxygen atoms in total. The maximum Gasteiger partial charge on any atom is 0.337 e. The summed E-state index contributed by atoms with van der Waals surface area (Å²) in [5, 5.41) is 11.5. The van der Waals surface area contributed by atoms with Gasteiger partial charge in [-0.25, -0.2) is 4.79 Å². The molecule has 2 unspecified atom stereocenters. The summed E-state index contributed by atoms with van der Waals surface area (Å²) in [5.41, 5.74) is 5.51. The Morgan fingerprint density at radius 1 is 1.25 bits per heavy atom. The Morgan fingerprint density at radius 2 is 1.86 bits per heavy atom. The van der Waals surface area contributed by atoms with E-state index in [9.17, 15) is 24.5 Å². The second kappa shape index (κ2) is 8.34. The first-order valence-electron chi connectivity index (χ1n) is 8.70. The summed E-state index contributed by atoms with van der Waals surface area (Å²) in [6.45, 7) is 4.94. The van der Waals surface area contributed by atoms with Crippen molar-refractivity contribution in [2.45, 2.75) is 52.3 Å². The smallest absolute Gasteiger partial charge is 0.337 e. The van der Waals surface area contributed by atoms with E-state index in [0.29, 0.717) is 5.56 Å². The number of hydrogen-bond acceptors (Lipinski definition) is 8. The zero-order chi connectivity index (χ0) is 21.1. The second-order valence-corrected chi connectivity index (χ2v) is 7.51. The van der Waals surface area contributed by atoms with Gasteiger partial charge in [-0.3, -0.25) is 19.7 Å². The molecule has 1 aromatic rings. The van der Waals surface area contributed by atoms with E-state index in [1.165, 1.54) is 24.3 Å². The van der Waals surface area contributed by atoms with Crippen LogP contribution >= 0.6 is 0 Å². The molecule has 2 rings (SSSR count). The Hall–Kier alpha value is -3.01. The fourth-order valence-corrected chi connectivity index (χ4v) is 2.39. The fourth-order valence-electron chi connectivity index (χ4n) is 2.39. The van der Waals surface area contributed by atoms with Crippen molar-refractivity contribution in [3.05, 3.63) is 39.9 Å². The van der Waals surface area contributed by atoms with Crippen LogP contribution in [-0.4, -0.2) is 39.9 Å².